The lowest BCUT2D eigenvalue weighted by atomic mass is 9.84. The van der Waals surface area contributed by atoms with Gasteiger partial charge in [-0.3, -0.25) is 0 Å². The molecule has 0 aliphatic carbocycles. The van der Waals surface area contributed by atoms with E-state index in [-0.39, 0.29) is 12.2 Å². The molecule has 24 heavy (non-hydrogen) atoms. The van der Waals surface area contributed by atoms with Gasteiger partial charge in [-0.2, -0.15) is 13.2 Å². The van der Waals surface area contributed by atoms with Gasteiger partial charge in [0.25, 0.3) is 0 Å². The highest BCUT2D eigenvalue weighted by Crippen LogP contribution is 2.47. The second-order valence-corrected chi connectivity index (χ2v) is 12.6. The Bertz CT molecular complexity index is 763. The van der Waals surface area contributed by atoms with Crippen LogP contribution in [0.4, 0.5) is 13.2 Å². The molecule has 0 amide bonds. The Labute approximate surface area is 141 Å². The van der Waals surface area contributed by atoms with Gasteiger partial charge in [-0.05, 0) is 18.1 Å². The van der Waals surface area contributed by atoms with Gasteiger partial charge in [0.15, 0.2) is 0 Å². The van der Waals surface area contributed by atoms with Crippen LogP contribution in [-0.4, -0.2) is 8.07 Å². The normalized spacial score (nSPS) is 21.0. The third-order valence-corrected chi connectivity index (χ3v) is 6.73. The van der Waals surface area contributed by atoms with E-state index in [0.717, 1.165) is 10.8 Å². The molecule has 1 atom stereocenters. The Balaban J connectivity index is 2.28. The molecule has 0 spiro atoms. The largest absolute Gasteiger partial charge is 0.416 e. The first-order chi connectivity index (χ1) is 11.0. The Morgan fingerprint density at radius 3 is 2.21 bits per heavy atom. The molecule has 3 rings (SSSR count). The van der Waals surface area contributed by atoms with Gasteiger partial charge in [0, 0.05) is 5.56 Å². The minimum absolute atomic E-state index is 0.210. The summed E-state index contributed by atoms with van der Waals surface area (Å²) < 4.78 is 47.4. The summed E-state index contributed by atoms with van der Waals surface area (Å²) in [7, 11) is -1.87. The van der Waals surface area contributed by atoms with E-state index in [1.807, 2.05) is 36.4 Å². The molecule has 5 heteroatoms. The average molecular weight is 350 g/mol. The van der Waals surface area contributed by atoms with E-state index in [2.05, 4.69) is 19.6 Å². The van der Waals surface area contributed by atoms with E-state index in [0.29, 0.717) is 5.56 Å². The number of ether oxygens (including phenoxy) is 1. The highest BCUT2D eigenvalue weighted by atomic mass is 28.3. The highest BCUT2D eigenvalue weighted by molar-refractivity contribution is 6.88. The smallest absolute Gasteiger partial charge is 0.361 e. The molecule has 0 N–H and O–H groups in total. The summed E-state index contributed by atoms with van der Waals surface area (Å²) in [5, 5.41) is 0.814. The van der Waals surface area contributed by atoms with E-state index >= 15 is 0 Å². The molecule has 2 aromatic carbocycles. The predicted molar refractivity (Wildman–Crippen MR) is 92.1 cm³/mol. The lowest BCUT2D eigenvalue weighted by Gasteiger charge is -2.29. The number of halogens is 3. The Morgan fingerprint density at radius 2 is 1.67 bits per heavy atom. The lowest BCUT2D eigenvalue weighted by Crippen LogP contribution is -2.39. The maximum absolute atomic E-state index is 13.8. The van der Waals surface area contributed by atoms with Gasteiger partial charge in [0.05, 0.1) is 20.2 Å². The average Bonchev–Trinajstić information content (AvgIpc) is 2.84. The summed E-state index contributed by atoms with van der Waals surface area (Å²) in [6.45, 7) is 8.11. The van der Waals surface area contributed by atoms with Crippen molar-refractivity contribution in [1.82, 2.24) is 0 Å². The van der Waals surface area contributed by atoms with Crippen molar-refractivity contribution in [3.05, 3.63) is 64.7 Å². The highest BCUT2D eigenvalue weighted by Gasteiger charge is 2.46. The van der Waals surface area contributed by atoms with Crippen molar-refractivity contribution in [3.8, 4) is 0 Å². The predicted octanol–water partition coefficient (Wildman–Crippen LogP) is 5.04. The zero-order chi connectivity index (χ0) is 17.8. The summed E-state index contributed by atoms with van der Waals surface area (Å²) in [5.74, 6) is 0. The van der Waals surface area contributed by atoms with E-state index in [9.17, 15) is 13.2 Å². The fraction of sp³-hybridized carbons (Fsp3) is 0.368. The molecule has 0 radical (unpaired) electrons. The topological polar surface area (TPSA) is 9.23 Å². The van der Waals surface area contributed by atoms with Gasteiger partial charge in [0.1, 0.15) is 5.60 Å². The Morgan fingerprint density at radius 1 is 1.04 bits per heavy atom. The molecule has 1 aliphatic rings. The van der Waals surface area contributed by atoms with Crippen molar-refractivity contribution < 1.29 is 17.9 Å². The van der Waals surface area contributed by atoms with Crippen molar-refractivity contribution in [1.29, 1.82) is 0 Å². The van der Waals surface area contributed by atoms with Gasteiger partial charge >= 0.3 is 6.18 Å². The molecule has 2 aromatic rings. The summed E-state index contributed by atoms with van der Waals surface area (Å²) in [6.07, 6.45) is -4.40. The van der Waals surface area contributed by atoms with Crippen molar-refractivity contribution in [3.63, 3.8) is 0 Å². The molecule has 0 saturated heterocycles. The number of fused-ring (bicyclic) bond motifs is 1. The van der Waals surface area contributed by atoms with Crippen LogP contribution >= 0.6 is 0 Å². The number of alkyl halides is 3. The first kappa shape index (κ1) is 17.2. The van der Waals surface area contributed by atoms with Gasteiger partial charge < -0.3 is 4.74 Å². The molecule has 0 aromatic heterocycles. The van der Waals surface area contributed by atoms with Crippen LogP contribution in [0.5, 0.6) is 0 Å². The first-order valence-corrected chi connectivity index (χ1v) is 11.5. The zero-order valence-corrected chi connectivity index (χ0v) is 15.3. The fourth-order valence-corrected chi connectivity index (χ4v) is 4.50. The first-order valence-electron chi connectivity index (χ1n) is 7.98. The molecule has 1 heterocycles. The second-order valence-electron chi connectivity index (χ2n) is 7.49. The van der Waals surface area contributed by atoms with E-state index in [1.54, 1.807) is 6.92 Å². The minimum Gasteiger partial charge on any atom is -0.361 e. The van der Waals surface area contributed by atoms with Gasteiger partial charge in [0.2, 0.25) is 0 Å². The quantitative estimate of drug-likeness (QED) is 0.689. The third kappa shape index (κ3) is 2.80. The third-order valence-electron chi connectivity index (χ3n) is 4.71. The maximum atomic E-state index is 13.8. The van der Waals surface area contributed by atoms with Crippen LogP contribution < -0.4 is 5.19 Å². The number of rotatable bonds is 2. The van der Waals surface area contributed by atoms with Gasteiger partial charge in [-0.15, -0.1) is 0 Å². The van der Waals surface area contributed by atoms with Gasteiger partial charge in [-0.25, -0.2) is 0 Å². The van der Waals surface area contributed by atoms with E-state index in [4.69, 9.17) is 4.74 Å². The number of hydrogen-bond acceptors (Lipinski definition) is 1. The summed E-state index contributed by atoms with van der Waals surface area (Å²) in [5.41, 5.74) is 0.0486. The van der Waals surface area contributed by atoms with Crippen molar-refractivity contribution >= 4 is 13.3 Å². The van der Waals surface area contributed by atoms with Crippen LogP contribution in [-0.2, 0) is 23.1 Å². The summed E-state index contributed by atoms with van der Waals surface area (Å²) in [4.78, 5) is 0. The number of hydrogen-bond donors (Lipinski definition) is 0. The molecule has 128 valence electrons. The maximum Gasteiger partial charge on any atom is 0.416 e. The van der Waals surface area contributed by atoms with Crippen LogP contribution in [0.15, 0.2) is 42.5 Å². The standard InChI is InChI=1S/C19H21F3OSi/c1-18(14-8-6-5-7-9-14)17-13(12-23-18)10-15(24(2,3)4)11-16(17)19(20,21)22/h5-11H,12H2,1-4H3. The Kier molecular flexibility index (Phi) is 3.92. The van der Waals surface area contributed by atoms with Crippen LogP contribution in [0, 0.1) is 0 Å². The van der Waals surface area contributed by atoms with Crippen molar-refractivity contribution in [2.75, 3.05) is 0 Å². The zero-order valence-electron chi connectivity index (χ0n) is 14.3. The molecule has 1 nitrogen and oxygen atoms in total. The van der Waals surface area contributed by atoms with E-state index in [1.165, 1.54) is 6.07 Å². The van der Waals surface area contributed by atoms with Crippen LogP contribution in [0.2, 0.25) is 19.6 Å². The monoisotopic (exact) mass is 350 g/mol. The molecule has 1 unspecified atom stereocenters. The SMILES string of the molecule is CC1(c2ccccc2)OCc2cc([Si](C)(C)C)cc(C(F)(F)F)c21. The molecule has 0 fully saturated rings. The molecular weight excluding hydrogens is 329 g/mol. The second kappa shape index (κ2) is 5.46. The van der Waals surface area contributed by atoms with Crippen LogP contribution in [0.25, 0.3) is 0 Å². The van der Waals surface area contributed by atoms with Crippen molar-refractivity contribution in [2.45, 2.75) is 44.9 Å². The molecule has 0 bridgehead atoms. The lowest BCUT2D eigenvalue weighted by molar-refractivity contribution is -0.139. The number of benzene rings is 2. The summed E-state index contributed by atoms with van der Waals surface area (Å²) >= 11 is 0. The van der Waals surface area contributed by atoms with Crippen LogP contribution in [0.3, 0.4) is 0 Å². The Hall–Kier alpha value is -1.59. The molecule has 0 saturated carbocycles. The molecule has 1 aliphatic heterocycles. The molecular formula is C19H21F3OSi. The van der Waals surface area contributed by atoms with Gasteiger partial charge in [-0.1, -0.05) is 67.3 Å². The van der Waals surface area contributed by atoms with E-state index < -0.39 is 25.4 Å². The summed E-state index contributed by atoms with van der Waals surface area (Å²) in [6, 6.07) is 12.4. The van der Waals surface area contributed by atoms with Crippen molar-refractivity contribution in [2.24, 2.45) is 0 Å². The minimum atomic E-state index is -4.40. The van der Waals surface area contributed by atoms with Crippen LogP contribution in [0.1, 0.15) is 29.2 Å². The fourth-order valence-electron chi connectivity index (χ4n) is 3.31.